The van der Waals surface area contributed by atoms with E-state index in [-0.39, 0.29) is 17.7 Å². The second kappa shape index (κ2) is 5.14. The molecule has 0 aliphatic carbocycles. The van der Waals surface area contributed by atoms with Crippen molar-refractivity contribution in [1.82, 2.24) is 9.80 Å². The molecule has 1 saturated heterocycles. The van der Waals surface area contributed by atoms with Crippen molar-refractivity contribution in [3.05, 3.63) is 0 Å². The highest BCUT2D eigenvalue weighted by atomic mass is 16.2. The molecule has 1 fully saturated rings. The van der Waals surface area contributed by atoms with Gasteiger partial charge in [-0.1, -0.05) is 20.8 Å². The minimum absolute atomic E-state index is 0.0541. The van der Waals surface area contributed by atoms with Gasteiger partial charge in [-0.05, 0) is 0 Å². The lowest BCUT2D eigenvalue weighted by Gasteiger charge is -2.35. The van der Waals surface area contributed by atoms with E-state index in [4.69, 9.17) is 0 Å². The van der Waals surface area contributed by atoms with Crippen molar-refractivity contribution in [3.63, 3.8) is 0 Å². The topological polar surface area (TPSA) is 40.6 Å². The van der Waals surface area contributed by atoms with Crippen LogP contribution in [0.4, 0.5) is 0 Å². The summed E-state index contributed by atoms with van der Waals surface area (Å²) in [4.78, 5) is 26.8. The monoisotopic (exact) mass is 212 g/mol. The molecule has 1 rings (SSSR count). The Labute approximate surface area is 91.2 Å². The van der Waals surface area contributed by atoms with E-state index in [9.17, 15) is 9.59 Å². The lowest BCUT2D eigenvalue weighted by atomic mass is 10.1. The maximum absolute atomic E-state index is 11.7. The molecule has 0 aromatic carbocycles. The first kappa shape index (κ1) is 12.0. The first-order chi connectivity index (χ1) is 7.06. The van der Waals surface area contributed by atoms with Crippen LogP contribution >= 0.6 is 0 Å². The predicted octanol–water partition coefficient (Wildman–Crippen LogP) is 0.723. The predicted molar refractivity (Wildman–Crippen MR) is 58.3 cm³/mol. The van der Waals surface area contributed by atoms with Crippen LogP contribution in [0.2, 0.25) is 0 Å². The van der Waals surface area contributed by atoms with Gasteiger partial charge in [0.15, 0.2) is 0 Å². The van der Waals surface area contributed by atoms with Crippen LogP contribution in [-0.4, -0.2) is 47.8 Å². The molecule has 2 amide bonds. The highest BCUT2D eigenvalue weighted by Gasteiger charge is 2.24. The Balaban J connectivity index is 2.42. The van der Waals surface area contributed by atoms with Crippen LogP contribution in [0.15, 0.2) is 0 Å². The third kappa shape index (κ3) is 2.94. The van der Waals surface area contributed by atoms with Crippen LogP contribution in [-0.2, 0) is 9.59 Å². The average molecular weight is 212 g/mol. The van der Waals surface area contributed by atoms with E-state index in [0.717, 1.165) is 0 Å². The minimum Gasteiger partial charge on any atom is -0.339 e. The van der Waals surface area contributed by atoms with Gasteiger partial charge in [0.2, 0.25) is 11.8 Å². The number of piperazine rings is 1. The molecular weight excluding hydrogens is 192 g/mol. The summed E-state index contributed by atoms with van der Waals surface area (Å²) >= 11 is 0. The molecule has 0 spiro atoms. The first-order valence-electron chi connectivity index (χ1n) is 5.62. The van der Waals surface area contributed by atoms with Crippen LogP contribution in [0, 0.1) is 5.92 Å². The smallest absolute Gasteiger partial charge is 0.225 e. The Morgan fingerprint density at radius 1 is 1.07 bits per heavy atom. The quantitative estimate of drug-likeness (QED) is 0.677. The molecule has 0 bridgehead atoms. The van der Waals surface area contributed by atoms with E-state index in [1.807, 2.05) is 30.6 Å². The summed E-state index contributed by atoms with van der Waals surface area (Å²) < 4.78 is 0. The van der Waals surface area contributed by atoms with Crippen molar-refractivity contribution >= 4 is 11.8 Å². The maximum atomic E-state index is 11.7. The Morgan fingerprint density at radius 2 is 1.53 bits per heavy atom. The fourth-order valence-corrected chi connectivity index (χ4v) is 1.76. The largest absolute Gasteiger partial charge is 0.339 e. The molecule has 4 nitrogen and oxygen atoms in total. The first-order valence-corrected chi connectivity index (χ1v) is 5.62. The number of rotatable bonds is 2. The van der Waals surface area contributed by atoms with Crippen molar-refractivity contribution in [2.45, 2.75) is 27.2 Å². The number of carbonyl (C=O) groups is 2. The van der Waals surface area contributed by atoms with Gasteiger partial charge < -0.3 is 9.80 Å². The summed E-state index contributed by atoms with van der Waals surface area (Å²) in [6, 6.07) is 0. The molecule has 1 aliphatic rings. The number of hydrogen-bond acceptors (Lipinski definition) is 2. The lowest BCUT2D eigenvalue weighted by molar-refractivity contribution is -0.141. The molecule has 0 unspecified atom stereocenters. The third-order valence-electron chi connectivity index (χ3n) is 2.74. The van der Waals surface area contributed by atoms with Gasteiger partial charge in [-0.25, -0.2) is 0 Å². The van der Waals surface area contributed by atoms with Crippen LogP contribution in [0.3, 0.4) is 0 Å². The average Bonchev–Trinajstić information content (AvgIpc) is 2.27. The molecule has 15 heavy (non-hydrogen) atoms. The normalized spacial score (nSPS) is 17.1. The number of amides is 2. The van der Waals surface area contributed by atoms with Gasteiger partial charge in [0.25, 0.3) is 0 Å². The van der Waals surface area contributed by atoms with Gasteiger partial charge in [-0.3, -0.25) is 9.59 Å². The fourth-order valence-electron chi connectivity index (χ4n) is 1.76. The van der Waals surface area contributed by atoms with E-state index in [1.165, 1.54) is 0 Å². The minimum atomic E-state index is 0.0541. The Kier molecular flexibility index (Phi) is 4.12. The SMILES string of the molecule is CCC(=O)N1CCN(C(=O)C(C)C)CC1. The summed E-state index contributed by atoms with van der Waals surface area (Å²) in [6.45, 7) is 8.42. The molecule has 0 aromatic heterocycles. The molecule has 0 radical (unpaired) electrons. The van der Waals surface area contributed by atoms with Gasteiger partial charge in [0.05, 0.1) is 0 Å². The molecule has 0 atom stereocenters. The van der Waals surface area contributed by atoms with Gasteiger partial charge in [-0.2, -0.15) is 0 Å². The second-order valence-corrected chi connectivity index (χ2v) is 4.21. The number of nitrogens with zero attached hydrogens (tertiary/aromatic N) is 2. The van der Waals surface area contributed by atoms with Crippen molar-refractivity contribution in [1.29, 1.82) is 0 Å². The second-order valence-electron chi connectivity index (χ2n) is 4.21. The van der Waals surface area contributed by atoms with E-state index >= 15 is 0 Å². The summed E-state index contributed by atoms with van der Waals surface area (Å²) in [5.74, 6) is 0.434. The van der Waals surface area contributed by atoms with Crippen molar-refractivity contribution in [2.75, 3.05) is 26.2 Å². The zero-order chi connectivity index (χ0) is 11.4. The summed E-state index contributed by atoms with van der Waals surface area (Å²) in [6.07, 6.45) is 0.554. The number of carbonyl (C=O) groups excluding carboxylic acids is 2. The van der Waals surface area contributed by atoms with E-state index in [0.29, 0.717) is 32.6 Å². The Morgan fingerprint density at radius 3 is 1.93 bits per heavy atom. The Bertz CT molecular complexity index is 243. The Hall–Kier alpha value is -1.06. The van der Waals surface area contributed by atoms with Crippen molar-refractivity contribution in [3.8, 4) is 0 Å². The molecule has 4 heteroatoms. The van der Waals surface area contributed by atoms with Gasteiger partial charge in [-0.15, -0.1) is 0 Å². The van der Waals surface area contributed by atoms with Crippen molar-refractivity contribution in [2.24, 2.45) is 5.92 Å². The number of hydrogen-bond donors (Lipinski definition) is 0. The van der Waals surface area contributed by atoms with E-state index in [2.05, 4.69) is 0 Å². The van der Waals surface area contributed by atoms with Crippen LogP contribution < -0.4 is 0 Å². The van der Waals surface area contributed by atoms with E-state index < -0.39 is 0 Å². The molecule has 0 saturated carbocycles. The molecule has 0 N–H and O–H groups in total. The summed E-state index contributed by atoms with van der Waals surface area (Å²) in [5, 5.41) is 0. The summed E-state index contributed by atoms with van der Waals surface area (Å²) in [7, 11) is 0. The van der Waals surface area contributed by atoms with Crippen molar-refractivity contribution < 1.29 is 9.59 Å². The zero-order valence-corrected chi connectivity index (χ0v) is 9.82. The van der Waals surface area contributed by atoms with Gasteiger partial charge in [0.1, 0.15) is 0 Å². The third-order valence-corrected chi connectivity index (χ3v) is 2.74. The summed E-state index contributed by atoms with van der Waals surface area (Å²) in [5.41, 5.74) is 0. The molecule has 0 aromatic rings. The standard InChI is InChI=1S/C11H20N2O2/c1-4-10(14)12-5-7-13(8-6-12)11(15)9(2)3/h9H,4-8H2,1-3H3. The van der Waals surface area contributed by atoms with Gasteiger partial charge in [0, 0.05) is 38.5 Å². The lowest BCUT2D eigenvalue weighted by Crippen LogP contribution is -2.51. The zero-order valence-electron chi connectivity index (χ0n) is 9.82. The van der Waals surface area contributed by atoms with Gasteiger partial charge >= 0.3 is 0 Å². The highest BCUT2D eigenvalue weighted by molar-refractivity contribution is 5.79. The van der Waals surface area contributed by atoms with Crippen LogP contribution in [0.5, 0.6) is 0 Å². The highest BCUT2D eigenvalue weighted by Crippen LogP contribution is 2.07. The molecule has 1 heterocycles. The molecule has 1 aliphatic heterocycles. The maximum Gasteiger partial charge on any atom is 0.225 e. The molecule has 86 valence electrons. The molecular formula is C11H20N2O2. The van der Waals surface area contributed by atoms with E-state index in [1.54, 1.807) is 0 Å². The fraction of sp³-hybridized carbons (Fsp3) is 0.818. The van der Waals surface area contributed by atoms with Crippen LogP contribution in [0.1, 0.15) is 27.2 Å². The van der Waals surface area contributed by atoms with Crippen LogP contribution in [0.25, 0.3) is 0 Å².